The van der Waals surface area contributed by atoms with Crippen LogP contribution in [-0.4, -0.2) is 50.5 Å². The third-order valence-electron chi connectivity index (χ3n) is 4.36. The van der Waals surface area contributed by atoms with Gasteiger partial charge in [0.05, 0.1) is 17.9 Å². The van der Waals surface area contributed by atoms with Crippen molar-refractivity contribution < 1.29 is 10.2 Å². The van der Waals surface area contributed by atoms with Crippen molar-refractivity contribution in [1.29, 1.82) is 0 Å². The highest BCUT2D eigenvalue weighted by Crippen LogP contribution is 2.28. The molecule has 4 rings (SSSR count). The zero-order valence-electron chi connectivity index (χ0n) is 13.8. The third-order valence-corrected chi connectivity index (χ3v) is 4.61. The summed E-state index contributed by atoms with van der Waals surface area (Å²) < 4.78 is 0. The summed E-state index contributed by atoms with van der Waals surface area (Å²) >= 11 is 5.99. The average Bonchev–Trinajstić information content (AvgIpc) is 3.01. The lowest BCUT2D eigenvalue weighted by atomic mass is 10.1. The summed E-state index contributed by atoms with van der Waals surface area (Å²) in [5.74, 6) is 1.19. The van der Waals surface area contributed by atoms with Gasteiger partial charge in [0.2, 0.25) is 0 Å². The Morgan fingerprint density at radius 1 is 0.962 bits per heavy atom. The molecule has 132 valence electrons. The Morgan fingerprint density at radius 2 is 1.69 bits per heavy atom. The van der Waals surface area contributed by atoms with Gasteiger partial charge in [-0.2, -0.15) is 0 Å². The molecule has 1 aromatic carbocycles. The molecule has 0 unspecified atom stereocenters. The van der Waals surface area contributed by atoms with E-state index >= 15 is 0 Å². The van der Waals surface area contributed by atoms with Crippen molar-refractivity contribution in [2.45, 2.75) is 12.2 Å². The Kier molecular flexibility index (Phi) is 4.55. The number of aliphatic hydroxyl groups is 2. The van der Waals surface area contributed by atoms with Gasteiger partial charge in [0.1, 0.15) is 5.82 Å². The molecule has 0 spiro atoms. The van der Waals surface area contributed by atoms with Crippen LogP contribution in [0.1, 0.15) is 0 Å². The largest absolute Gasteiger partial charge is 0.389 e. The van der Waals surface area contributed by atoms with Crippen molar-refractivity contribution in [3.8, 4) is 22.6 Å². The van der Waals surface area contributed by atoms with Gasteiger partial charge in [-0.3, -0.25) is 4.98 Å². The number of pyridine rings is 1. The molecular weight excluding hydrogens is 352 g/mol. The predicted octanol–water partition coefficient (Wildman–Crippen LogP) is 2.40. The highest BCUT2D eigenvalue weighted by atomic mass is 35.5. The molecule has 2 aromatic heterocycles. The Balaban J connectivity index is 1.81. The maximum Gasteiger partial charge on any atom is 0.163 e. The van der Waals surface area contributed by atoms with E-state index in [1.54, 1.807) is 12.4 Å². The first-order chi connectivity index (χ1) is 12.6. The van der Waals surface area contributed by atoms with E-state index in [4.69, 9.17) is 11.6 Å². The number of aromatic nitrogens is 3. The molecule has 6 nitrogen and oxygen atoms in total. The van der Waals surface area contributed by atoms with E-state index in [1.165, 1.54) is 0 Å². The number of aliphatic hydroxyl groups excluding tert-OH is 2. The SMILES string of the molecule is O[C@@H]1CN(c2cc(-c3ccc(Cl)cc3)nc(-c3cccnc3)n2)C[C@H]1O. The lowest BCUT2D eigenvalue weighted by molar-refractivity contribution is 0.0572. The van der Waals surface area contributed by atoms with Crippen LogP contribution >= 0.6 is 11.6 Å². The van der Waals surface area contributed by atoms with E-state index in [9.17, 15) is 10.2 Å². The van der Waals surface area contributed by atoms with Crippen LogP contribution in [0.25, 0.3) is 22.6 Å². The summed E-state index contributed by atoms with van der Waals surface area (Å²) in [6, 6.07) is 13.0. The van der Waals surface area contributed by atoms with Gasteiger partial charge in [0.25, 0.3) is 0 Å². The topological polar surface area (TPSA) is 82.4 Å². The fourth-order valence-corrected chi connectivity index (χ4v) is 3.07. The van der Waals surface area contributed by atoms with Crippen molar-refractivity contribution in [3.63, 3.8) is 0 Å². The van der Waals surface area contributed by atoms with Gasteiger partial charge in [-0.15, -0.1) is 0 Å². The second kappa shape index (κ2) is 6.99. The number of nitrogens with zero attached hydrogens (tertiary/aromatic N) is 4. The van der Waals surface area contributed by atoms with Gasteiger partial charge in [0.15, 0.2) is 5.82 Å². The van der Waals surface area contributed by atoms with E-state index in [0.717, 1.165) is 16.8 Å². The number of hydrogen-bond acceptors (Lipinski definition) is 6. The quantitative estimate of drug-likeness (QED) is 0.738. The first-order valence-electron chi connectivity index (χ1n) is 8.26. The number of β-amino-alcohol motifs (C(OH)–C–C–N with tert-alkyl or cyclic N) is 2. The summed E-state index contributed by atoms with van der Waals surface area (Å²) in [5.41, 5.74) is 2.44. The minimum Gasteiger partial charge on any atom is -0.389 e. The van der Waals surface area contributed by atoms with Crippen LogP contribution in [0.4, 0.5) is 5.82 Å². The van der Waals surface area contributed by atoms with Gasteiger partial charge in [-0.25, -0.2) is 9.97 Å². The standard InChI is InChI=1S/C19H17ClN4O2/c20-14-5-3-12(4-6-14)15-8-18(24-10-16(25)17(26)11-24)23-19(22-15)13-2-1-7-21-9-13/h1-9,16-17,25-26H,10-11H2/t16-,17-/m1/s1. The van der Waals surface area contributed by atoms with Crippen molar-refractivity contribution in [2.75, 3.05) is 18.0 Å². The van der Waals surface area contributed by atoms with Crippen LogP contribution < -0.4 is 4.90 Å². The molecule has 26 heavy (non-hydrogen) atoms. The molecule has 1 saturated heterocycles. The van der Waals surface area contributed by atoms with Crippen molar-refractivity contribution in [2.24, 2.45) is 0 Å². The van der Waals surface area contributed by atoms with Crippen LogP contribution in [0.2, 0.25) is 5.02 Å². The van der Waals surface area contributed by atoms with E-state index < -0.39 is 12.2 Å². The number of benzene rings is 1. The number of hydrogen-bond donors (Lipinski definition) is 2. The van der Waals surface area contributed by atoms with Gasteiger partial charge in [-0.05, 0) is 24.3 Å². The molecule has 3 heterocycles. The maximum atomic E-state index is 9.87. The maximum absolute atomic E-state index is 9.87. The van der Waals surface area contributed by atoms with Crippen LogP contribution in [0.3, 0.4) is 0 Å². The summed E-state index contributed by atoms with van der Waals surface area (Å²) in [6.07, 6.45) is 1.83. The molecule has 0 bridgehead atoms. The van der Waals surface area contributed by atoms with Gasteiger partial charge in [0, 0.05) is 47.7 Å². The molecule has 0 aliphatic carbocycles. The molecule has 2 atom stereocenters. The molecule has 7 heteroatoms. The fraction of sp³-hybridized carbons (Fsp3) is 0.211. The summed E-state index contributed by atoms with van der Waals surface area (Å²) in [5, 5.41) is 20.4. The second-order valence-electron chi connectivity index (χ2n) is 6.22. The molecule has 0 radical (unpaired) electrons. The Labute approximate surface area is 155 Å². The average molecular weight is 369 g/mol. The van der Waals surface area contributed by atoms with E-state index in [1.807, 2.05) is 47.4 Å². The fourth-order valence-electron chi connectivity index (χ4n) is 2.95. The zero-order valence-corrected chi connectivity index (χ0v) is 14.6. The smallest absolute Gasteiger partial charge is 0.163 e. The van der Waals surface area contributed by atoms with Crippen LogP contribution in [0.5, 0.6) is 0 Å². The van der Waals surface area contributed by atoms with E-state index in [0.29, 0.717) is 29.8 Å². The van der Waals surface area contributed by atoms with Gasteiger partial charge < -0.3 is 15.1 Å². The Hall–Kier alpha value is -2.54. The minimum absolute atomic E-state index is 0.324. The van der Waals surface area contributed by atoms with E-state index in [-0.39, 0.29) is 0 Å². The van der Waals surface area contributed by atoms with E-state index in [2.05, 4.69) is 15.0 Å². The zero-order chi connectivity index (χ0) is 18.1. The summed E-state index contributed by atoms with van der Waals surface area (Å²) in [6.45, 7) is 0.648. The third kappa shape index (κ3) is 3.39. The van der Waals surface area contributed by atoms with Crippen molar-refractivity contribution in [3.05, 3.63) is 59.9 Å². The molecule has 3 aromatic rings. The highest BCUT2D eigenvalue weighted by molar-refractivity contribution is 6.30. The van der Waals surface area contributed by atoms with Gasteiger partial charge >= 0.3 is 0 Å². The van der Waals surface area contributed by atoms with Crippen LogP contribution in [-0.2, 0) is 0 Å². The van der Waals surface area contributed by atoms with Crippen molar-refractivity contribution in [1.82, 2.24) is 15.0 Å². The van der Waals surface area contributed by atoms with Gasteiger partial charge in [-0.1, -0.05) is 23.7 Å². The Bertz CT molecular complexity index is 895. The molecule has 1 aliphatic heterocycles. The molecule has 1 fully saturated rings. The second-order valence-corrected chi connectivity index (χ2v) is 6.66. The molecular formula is C19H17ClN4O2. The number of anilines is 1. The number of halogens is 1. The normalized spacial score (nSPS) is 19.7. The molecule has 1 aliphatic rings. The highest BCUT2D eigenvalue weighted by Gasteiger charge is 2.31. The van der Waals surface area contributed by atoms with Crippen LogP contribution in [0.15, 0.2) is 54.9 Å². The number of rotatable bonds is 3. The lowest BCUT2D eigenvalue weighted by Gasteiger charge is -2.18. The predicted molar refractivity (Wildman–Crippen MR) is 99.9 cm³/mol. The first kappa shape index (κ1) is 16.9. The monoisotopic (exact) mass is 368 g/mol. The summed E-state index contributed by atoms with van der Waals surface area (Å²) in [7, 11) is 0. The van der Waals surface area contributed by atoms with Crippen LogP contribution in [0, 0.1) is 0 Å². The first-order valence-corrected chi connectivity index (χ1v) is 8.64. The van der Waals surface area contributed by atoms with Crippen molar-refractivity contribution >= 4 is 17.4 Å². The molecule has 2 N–H and O–H groups in total. The Morgan fingerprint density at radius 3 is 2.35 bits per heavy atom. The summed E-state index contributed by atoms with van der Waals surface area (Å²) in [4.78, 5) is 15.3. The molecule has 0 amide bonds. The lowest BCUT2D eigenvalue weighted by Crippen LogP contribution is -2.22. The minimum atomic E-state index is -0.786. The molecule has 0 saturated carbocycles.